The van der Waals surface area contributed by atoms with E-state index in [1.165, 1.54) is 25.3 Å². The number of nitrogens with zero attached hydrogens (tertiary/aromatic N) is 1. The summed E-state index contributed by atoms with van der Waals surface area (Å²) < 4.78 is 0. The first-order valence-electron chi connectivity index (χ1n) is 5.97. The monoisotopic (exact) mass is 221 g/mol. The highest BCUT2D eigenvalue weighted by Gasteiger charge is 2.22. The molecule has 0 bridgehead atoms. The summed E-state index contributed by atoms with van der Waals surface area (Å²) in [5.74, 6) is 2.87. The van der Waals surface area contributed by atoms with Crippen molar-refractivity contribution in [1.29, 1.82) is 0 Å². The maximum atomic E-state index is 11.2. The molecule has 0 saturated heterocycles. The zero-order chi connectivity index (χ0) is 11.5. The van der Waals surface area contributed by atoms with Crippen molar-refractivity contribution >= 4 is 5.82 Å². The lowest BCUT2D eigenvalue weighted by Crippen LogP contribution is -2.19. The van der Waals surface area contributed by atoms with Gasteiger partial charge in [-0.1, -0.05) is 19.8 Å². The van der Waals surface area contributed by atoms with Crippen molar-refractivity contribution in [2.75, 3.05) is 11.9 Å². The zero-order valence-electron chi connectivity index (χ0n) is 9.92. The Hall–Kier alpha value is -1.32. The van der Waals surface area contributed by atoms with Gasteiger partial charge in [0, 0.05) is 12.6 Å². The van der Waals surface area contributed by atoms with Crippen LogP contribution in [-0.2, 0) is 0 Å². The molecule has 0 aromatic carbocycles. The molecule has 1 fully saturated rings. The summed E-state index contributed by atoms with van der Waals surface area (Å²) in [6.45, 7) is 5.03. The molecule has 2 unspecified atom stereocenters. The molecule has 1 aliphatic rings. The van der Waals surface area contributed by atoms with E-state index in [1.54, 1.807) is 6.92 Å². The number of anilines is 1. The predicted molar refractivity (Wildman–Crippen MR) is 64.6 cm³/mol. The lowest BCUT2D eigenvalue weighted by Gasteiger charge is -2.16. The molecule has 0 radical (unpaired) electrons. The molecule has 1 aromatic rings. The fourth-order valence-electron chi connectivity index (χ4n) is 2.43. The van der Waals surface area contributed by atoms with Gasteiger partial charge in [0.05, 0.1) is 0 Å². The number of hydrogen-bond donors (Lipinski definition) is 2. The molecule has 1 aliphatic carbocycles. The molecule has 2 N–H and O–H groups in total. The Balaban J connectivity index is 1.96. The van der Waals surface area contributed by atoms with Crippen molar-refractivity contribution in [3.8, 4) is 0 Å². The van der Waals surface area contributed by atoms with E-state index in [0.29, 0.717) is 11.6 Å². The van der Waals surface area contributed by atoms with Gasteiger partial charge in [-0.15, -0.1) is 0 Å². The van der Waals surface area contributed by atoms with Gasteiger partial charge in [0.25, 0.3) is 5.56 Å². The van der Waals surface area contributed by atoms with Crippen LogP contribution in [0.4, 0.5) is 5.82 Å². The first kappa shape index (κ1) is 11.2. The van der Waals surface area contributed by atoms with Crippen LogP contribution in [0.3, 0.4) is 0 Å². The molecule has 1 heterocycles. The number of H-pyrrole nitrogens is 1. The maximum Gasteiger partial charge on any atom is 0.252 e. The Bertz CT molecular complexity index is 413. The second-order valence-corrected chi connectivity index (χ2v) is 4.77. The van der Waals surface area contributed by atoms with Crippen molar-refractivity contribution in [2.45, 2.75) is 33.1 Å². The number of hydrogen-bond acceptors (Lipinski definition) is 3. The molecule has 16 heavy (non-hydrogen) atoms. The molecule has 88 valence electrons. The molecule has 0 aliphatic heterocycles. The lowest BCUT2D eigenvalue weighted by molar-refractivity contribution is 0.439. The van der Waals surface area contributed by atoms with Crippen molar-refractivity contribution in [3.63, 3.8) is 0 Å². The van der Waals surface area contributed by atoms with Crippen molar-refractivity contribution in [2.24, 2.45) is 11.8 Å². The molecule has 4 heteroatoms. The van der Waals surface area contributed by atoms with E-state index < -0.39 is 0 Å². The Morgan fingerprint density at radius 3 is 3.00 bits per heavy atom. The molecule has 1 aromatic heterocycles. The number of aromatic nitrogens is 2. The Kier molecular flexibility index (Phi) is 3.27. The smallest absolute Gasteiger partial charge is 0.252 e. The Morgan fingerprint density at radius 2 is 2.38 bits per heavy atom. The van der Waals surface area contributed by atoms with Gasteiger partial charge in [-0.3, -0.25) is 4.79 Å². The summed E-state index contributed by atoms with van der Waals surface area (Å²) in [5, 5.41) is 3.27. The summed E-state index contributed by atoms with van der Waals surface area (Å²) in [5.41, 5.74) is -0.0885. The average Bonchev–Trinajstić information content (AvgIpc) is 2.59. The molecule has 4 nitrogen and oxygen atoms in total. The summed E-state index contributed by atoms with van der Waals surface area (Å²) in [6, 6.07) is 1.52. The molecule has 2 rings (SSSR count). The Labute approximate surface area is 95.5 Å². The van der Waals surface area contributed by atoms with E-state index >= 15 is 0 Å². The van der Waals surface area contributed by atoms with Crippen molar-refractivity contribution in [1.82, 2.24) is 9.97 Å². The van der Waals surface area contributed by atoms with Gasteiger partial charge in [-0.2, -0.15) is 0 Å². The third kappa shape index (κ3) is 2.62. The number of aryl methyl sites for hydroxylation is 1. The SMILES string of the molecule is Cc1nc(NCC2CCCC2C)cc(=O)[nH]1. The summed E-state index contributed by atoms with van der Waals surface area (Å²) in [7, 11) is 0. The van der Waals surface area contributed by atoms with E-state index in [4.69, 9.17) is 0 Å². The van der Waals surface area contributed by atoms with Crippen LogP contribution in [0.15, 0.2) is 10.9 Å². The first-order chi connectivity index (χ1) is 7.65. The van der Waals surface area contributed by atoms with E-state index in [0.717, 1.165) is 18.4 Å². The maximum absolute atomic E-state index is 11.2. The van der Waals surface area contributed by atoms with Crippen LogP contribution in [0.2, 0.25) is 0 Å². The number of aromatic amines is 1. The van der Waals surface area contributed by atoms with Gasteiger partial charge in [0.15, 0.2) is 0 Å². The topological polar surface area (TPSA) is 57.8 Å². The van der Waals surface area contributed by atoms with E-state index in [2.05, 4.69) is 22.2 Å². The van der Waals surface area contributed by atoms with Crippen LogP contribution in [0.1, 0.15) is 32.0 Å². The van der Waals surface area contributed by atoms with E-state index in [-0.39, 0.29) is 5.56 Å². The largest absolute Gasteiger partial charge is 0.370 e. The highest BCUT2D eigenvalue weighted by Crippen LogP contribution is 2.30. The van der Waals surface area contributed by atoms with Crippen LogP contribution in [0.25, 0.3) is 0 Å². The van der Waals surface area contributed by atoms with Crippen molar-refractivity contribution < 1.29 is 0 Å². The van der Waals surface area contributed by atoms with Crippen LogP contribution in [-0.4, -0.2) is 16.5 Å². The first-order valence-corrected chi connectivity index (χ1v) is 5.97. The molecule has 0 amide bonds. The van der Waals surface area contributed by atoms with Gasteiger partial charge in [0.1, 0.15) is 11.6 Å². The predicted octanol–water partition coefficient (Wildman–Crippen LogP) is 1.93. The van der Waals surface area contributed by atoms with Crippen molar-refractivity contribution in [3.05, 3.63) is 22.2 Å². The average molecular weight is 221 g/mol. The zero-order valence-corrected chi connectivity index (χ0v) is 9.92. The second-order valence-electron chi connectivity index (χ2n) is 4.77. The number of rotatable bonds is 3. The van der Waals surface area contributed by atoms with Gasteiger partial charge in [-0.05, 0) is 25.2 Å². The Morgan fingerprint density at radius 1 is 1.56 bits per heavy atom. The quantitative estimate of drug-likeness (QED) is 0.820. The minimum absolute atomic E-state index is 0.0885. The highest BCUT2D eigenvalue weighted by molar-refractivity contribution is 5.32. The van der Waals surface area contributed by atoms with Gasteiger partial charge in [0.2, 0.25) is 0 Å². The minimum Gasteiger partial charge on any atom is -0.370 e. The molecule has 1 saturated carbocycles. The third-order valence-corrected chi connectivity index (χ3v) is 3.44. The molecule has 0 spiro atoms. The van der Waals surface area contributed by atoms with Gasteiger partial charge >= 0.3 is 0 Å². The summed E-state index contributed by atoms with van der Waals surface area (Å²) >= 11 is 0. The molecule has 2 atom stereocenters. The van der Waals surface area contributed by atoms with Gasteiger partial charge in [-0.25, -0.2) is 4.98 Å². The van der Waals surface area contributed by atoms with Crippen LogP contribution >= 0.6 is 0 Å². The van der Waals surface area contributed by atoms with Crippen LogP contribution in [0, 0.1) is 18.8 Å². The van der Waals surface area contributed by atoms with Crippen LogP contribution < -0.4 is 10.9 Å². The van der Waals surface area contributed by atoms with E-state index in [9.17, 15) is 4.79 Å². The minimum atomic E-state index is -0.0885. The second kappa shape index (κ2) is 4.68. The summed E-state index contributed by atoms with van der Waals surface area (Å²) in [4.78, 5) is 18.1. The fourth-order valence-corrected chi connectivity index (χ4v) is 2.43. The van der Waals surface area contributed by atoms with E-state index in [1.807, 2.05) is 0 Å². The highest BCUT2D eigenvalue weighted by atomic mass is 16.1. The molecular formula is C12H19N3O. The van der Waals surface area contributed by atoms with Gasteiger partial charge < -0.3 is 10.3 Å². The lowest BCUT2D eigenvalue weighted by atomic mass is 9.98. The number of nitrogens with one attached hydrogen (secondary N) is 2. The molecular weight excluding hydrogens is 202 g/mol. The normalized spacial score (nSPS) is 24.6. The van der Waals surface area contributed by atoms with Crippen LogP contribution in [0.5, 0.6) is 0 Å². The summed E-state index contributed by atoms with van der Waals surface area (Å²) in [6.07, 6.45) is 3.94. The standard InChI is InChI=1S/C12H19N3O/c1-8-4-3-5-10(8)7-13-11-6-12(16)15-9(2)14-11/h6,8,10H,3-5,7H2,1-2H3,(H2,13,14,15,16). The fraction of sp³-hybridized carbons (Fsp3) is 0.667. The third-order valence-electron chi connectivity index (χ3n) is 3.44.